The lowest BCUT2D eigenvalue weighted by atomic mass is 9.85. The smallest absolute Gasteiger partial charge is 0.231 e. The number of hydrogen-bond donors (Lipinski definition) is 1. The lowest BCUT2D eigenvalue weighted by Crippen LogP contribution is -2.31. The van der Waals surface area contributed by atoms with Crippen LogP contribution < -0.4 is 5.73 Å². The first-order valence-corrected chi connectivity index (χ1v) is 7.46. The largest absolute Gasteiger partial charge is 0.370 e. The molecular weight excluding hydrogens is 242 g/mol. The molecule has 3 unspecified atom stereocenters. The van der Waals surface area contributed by atoms with E-state index in [0.717, 1.165) is 25.7 Å². The zero-order chi connectivity index (χ0) is 13.7. The number of rotatable bonds is 6. The molecule has 1 aromatic rings. The minimum atomic E-state index is -0.0488. The summed E-state index contributed by atoms with van der Waals surface area (Å²) in [7, 11) is 0. The molecule has 108 valence electrons. The van der Waals surface area contributed by atoms with Crippen molar-refractivity contribution in [2.45, 2.75) is 70.4 Å². The summed E-state index contributed by atoms with van der Waals surface area (Å²) in [5.74, 6) is 1.60. The SMILES string of the molecule is CCCC(OCC)c1noc(C2CCCCC2N)n1. The Morgan fingerprint density at radius 2 is 2.16 bits per heavy atom. The van der Waals surface area contributed by atoms with Gasteiger partial charge >= 0.3 is 0 Å². The average Bonchev–Trinajstić information content (AvgIpc) is 2.88. The van der Waals surface area contributed by atoms with Gasteiger partial charge in [0.15, 0.2) is 0 Å². The molecule has 5 nitrogen and oxygen atoms in total. The van der Waals surface area contributed by atoms with Gasteiger partial charge in [0.2, 0.25) is 11.7 Å². The predicted octanol–water partition coefficient (Wildman–Crippen LogP) is 2.93. The zero-order valence-electron chi connectivity index (χ0n) is 12.0. The summed E-state index contributed by atoms with van der Waals surface area (Å²) in [4.78, 5) is 4.54. The van der Waals surface area contributed by atoms with Gasteiger partial charge in [-0.2, -0.15) is 4.98 Å². The van der Waals surface area contributed by atoms with Crippen LogP contribution in [0.25, 0.3) is 0 Å². The van der Waals surface area contributed by atoms with Crippen molar-refractivity contribution in [2.24, 2.45) is 5.73 Å². The Bertz CT molecular complexity index is 375. The fourth-order valence-electron chi connectivity index (χ4n) is 2.75. The summed E-state index contributed by atoms with van der Waals surface area (Å²) in [5, 5.41) is 4.10. The molecule has 1 fully saturated rings. The van der Waals surface area contributed by atoms with Crippen LogP contribution in [-0.2, 0) is 4.74 Å². The first-order valence-electron chi connectivity index (χ1n) is 7.46. The molecule has 1 aliphatic carbocycles. The summed E-state index contributed by atoms with van der Waals surface area (Å²) in [5.41, 5.74) is 6.15. The normalized spacial score (nSPS) is 25.4. The maximum atomic E-state index is 6.15. The molecule has 3 atom stereocenters. The van der Waals surface area contributed by atoms with Crippen LogP contribution in [-0.4, -0.2) is 22.8 Å². The monoisotopic (exact) mass is 267 g/mol. The highest BCUT2D eigenvalue weighted by Crippen LogP contribution is 2.32. The summed E-state index contributed by atoms with van der Waals surface area (Å²) in [6, 6.07) is 0.152. The van der Waals surface area contributed by atoms with Crippen molar-refractivity contribution in [1.29, 1.82) is 0 Å². The highest BCUT2D eigenvalue weighted by Gasteiger charge is 2.29. The van der Waals surface area contributed by atoms with Crippen molar-refractivity contribution >= 4 is 0 Å². The maximum Gasteiger partial charge on any atom is 0.231 e. The predicted molar refractivity (Wildman–Crippen MR) is 72.8 cm³/mol. The Balaban J connectivity index is 2.08. The van der Waals surface area contributed by atoms with E-state index in [4.69, 9.17) is 15.0 Å². The molecule has 0 bridgehead atoms. The molecule has 1 heterocycles. The van der Waals surface area contributed by atoms with Crippen LogP contribution in [0.5, 0.6) is 0 Å². The molecule has 0 saturated heterocycles. The third kappa shape index (κ3) is 3.54. The minimum absolute atomic E-state index is 0.0488. The molecule has 19 heavy (non-hydrogen) atoms. The van der Waals surface area contributed by atoms with Crippen LogP contribution in [0.3, 0.4) is 0 Å². The van der Waals surface area contributed by atoms with Crippen LogP contribution in [0, 0.1) is 0 Å². The van der Waals surface area contributed by atoms with E-state index in [1.54, 1.807) is 0 Å². The van der Waals surface area contributed by atoms with Gasteiger partial charge in [0, 0.05) is 12.6 Å². The fourth-order valence-corrected chi connectivity index (χ4v) is 2.75. The molecule has 0 aromatic carbocycles. The average molecular weight is 267 g/mol. The van der Waals surface area contributed by atoms with Gasteiger partial charge in [0.05, 0.1) is 5.92 Å². The molecular formula is C14H25N3O2. The summed E-state index contributed by atoms with van der Waals surface area (Å²) in [6.07, 6.45) is 6.41. The number of ether oxygens (including phenoxy) is 1. The molecule has 1 aromatic heterocycles. The molecule has 2 N–H and O–H groups in total. The van der Waals surface area contributed by atoms with Crippen molar-refractivity contribution in [3.05, 3.63) is 11.7 Å². The van der Waals surface area contributed by atoms with Gasteiger partial charge in [-0.05, 0) is 26.2 Å². The van der Waals surface area contributed by atoms with E-state index in [2.05, 4.69) is 17.1 Å². The van der Waals surface area contributed by atoms with E-state index in [0.29, 0.717) is 18.3 Å². The number of aromatic nitrogens is 2. The second-order valence-corrected chi connectivity index (χ2v) is 5.28. The zero-order valence-corrected chi connectivity index (χ0v) is 12.0. The molecule has 0 spiro atoms. The molecule has 1 aliphatic rings. The number of nitrogens with zero attached hydrogens (tertiary/aromatic N) is 2. The molecule has 0 radical (unpaired) electrons. The van der Waals surface area contributed by atoms with Crippen LogP contribution in [0.1, 0.15) is 76.1 Å². The fraction of sp³-hybridized carbons (Fsp3) is 0.857. The van der Waals surface area contributed by atoms with Gasteiger partial charge in [0.1, 0.15) is 6.10 Å². The minimum Gasteiger partial charge on any atom is -0.370 e. The van der Waals surface area contributed by atoms with Crippen LogP contribution in [0.2, 0.25) is 0 Å². The Hall–Kier alpha value is -0.940. The van der Waals surface area contributed by atoms with E-state index in [9.17, 15) is 0 Å². The van der Waals surface area contributed by atoms with Gasteiger partial charge in [-0.1, -0.05) is 31.3 Å². The second kappa shape index (κ2) is 7.01. The molecule has 0 aliphatic heterocycles. The highest BCUT2D eigenvalue weighted by molar-refractivity contribution is 5.02. The summed E-state index contributed by atoms with van der Waals surface area (Å²) < 4.78 is 11.1. The molecule has 0 amide bonds. The van der Waals surface area contributed by atoms with Gasteiger partial charge in [-0.25, -0.2) is 0 Å². The molecule has 1 saturated carbocycles. The van der Waals surface area contributed by atoms with Gasteiger partial charge in [-0.3, -0.25) is 0 Å². The molecule has 5 heteroatoms. The Kier molecular flexibility index (Phi) is 5.34. The van der Waals surface area contributed by atoms with E-state index in [-0.39, 0.29) is 18.1 Å². The number of hydrogen-bond acceptors (Lipinski definition) is 5. The first-order chi connectivity index (χ1) is 9.26. The van der Waals surface area contributed by atoms with E-state index in [1.165, 1.54) is 12.8 Å². The lowest BCUT2D eigenvalue weighted by molar-refractivity contribution is 0.0477. The van der Waals surface area contributed by atoms with Crippen LogP contribution in [0.15, 0.2) is 4.52 Å². The van der Waals surface area contributed by atoms with Crippen molar-refractivity contribution in [1.82, 2.24) is 10.1 Å². The number of nitrogens with two attached hydrogens (primary N) is 1. The van der Waals surface area contributed by atoms with Crippen molar-refractivity contribution < 1.29 is 9.26 Å². The third-order valence-electron chi connectivity index (χ3n) is 3.80. The third-order valence-corrected chi connectivity index (χ3v) is 3.80. The highest BCUT2D eigenvalue weighted by atomic mass is 16.5. The first kappa shape index (κ1) is 14.5. The van der Waals surface area contributed by atoms with Gasteiger partial charge in [0.25, 0.3) is 0 Å². The maximum absolute atomic E-state index is 6.15. The second-order valence-electron chi connectivity index (χ2n) is 5.28. The topological polar surface area (TPSA) is 74.2 Å². The standard InChI is InChI=1S/C14H25N3O2/c1-3-7-12(18-4-2)13-16-14(19-17-13)10-8-5-6-9-11(10)15/h10-12H,3-9,15H2,1-2H3. The van der Waals surface area contributed by atoms with E-state index < -0.39 is 0 Å². The van der Waals surface area contributed by atoms with Gasteiger partial charge < -0.3 is 15.0 Å². The van der Waals surface area contributed by atoms with Crippen molar-refractivity contribution in [3.8, 4) is 0 Å². The Labute approximate surface area is 114 Å². The lowest BCUT2D eigenvalue weighted by Gasteiger charge is -2.25. The Morgan fingerprint density at radius 1 is 1.37 bits per heavy atom. The Morgan fingerprint density at radius 3 is 2.84 bits per heavy atom. The van der Waals surface area contributed by atoms with Crippen LogP contribution >= 0.6 is 0 Å². The molecule has 2 rings (SSSR count). The van der Waals surface area contributed by atoms with Gasteiger partial charge in [-0.15, -0.1) is 0 Å². The van der Waals surface area contributed by atoms with E-state index >= 15 is 0 Å². The summed E-state index contributed by atoms with van der Waals surface area (Å²) >= 11 is 0. The van der Waals surface area contributed by atoms with Crippen molar-refractivity contribution in [3.63, 3.8) is 0 Å². The quantitative estimate of drug-likeness (QED) is 0.857. The summed E-state index contributed by atoms with van der Waals surface area (Å²) in [6.45, 7) is 4.78. The van der Waals surface area contributed by atoms with Crippen molar-refractivity contribution in [2.75, 3.05) is 6.61 Å². The van der Waals surface area contributed by atoms with E-state index in [1.807, 2.05) is 6.92 Å². The van der Waals surface area contributed by atoms with Crippen LogP contribution in [0.4, 0.5) is 0 Å².